The summed E-state index contributed by atoms with van der Waals surface area (Å²) in [5.41, 5.74) is 0.174. The van der Waals surface area contributed by atoms with E-state index in [9.17, 15) is 9.18 Å². The number of anilines is 1. The minimum atomic E-state index is -0.797. The lowest BCUT2D eigenvalue weighted by atomic mass is 10.1. The first-order chi connectivity index (χ1) is 15.0. The lowest BCUT2D eigenvalue weighted by molar-refractivity contribution is 0.185. The number of aromatic nitrogens is 3. The molecule has 0 amide bonds. The van der Waals surface area contributed by atoms with Crippen LogP contribution in [0, 0.1) is 11.3 Å². The van der Waals surface area contributed by atoms with Crippen molar-refractivity contribution >= 4 is 17.7 Å². The number of hydrogen-bond acceptors (Lipinski definition) is 6. The van der Waals surface area contributed by atoms with Crippen LogP contribution in [0.3, 0.4) is 0 Å². The number of nitrogens with zero attached hydrogens (tertiary/aromatic N) is 5. The number of aromatic amines is 1. The van der Waals surface area contributed by atoms with E-state index in [2.05, 4.69) is 44.0 Å². The van der Waals surface area contributed by atoms with E-state index in [-0.39, 0.29) is 17.2 Å². The predicted molar refractivity (Wildman–Crippen MR) is 118 cm³/mol. The van der Waals surface area contributed by atoms with Crippen molar-refractivity contribution in [3.8, 4) is 6.07 Å². The van der Waals surface area contributed by atoms with Gasteiger partial charge in [0, 0.05) is 44.3 Å². The molecule has 8 heteroatoms. The molecule has 0 unspecified atom stereocenters. The first-order valence-corrected chi connectivity index (χ1v) is 10.5. The number of hydrogen-bond donors (Lipinski definition) is 1. The maximum atomic E-state index is 13.6. The Labute approximate surface area is 180 Å². The van der Waals surface area contributed by atoms with Gasteiger partial charge in [-0.15, -0.1) is 0 Å². The highest BCUT2D eigenvalue weighted by Gasteiger charge is 2.33. The largest absolute Gasteiger partial charge is 0.354 e. The van der Waals surface area contributed by atoms with Gasteiger partial charge in [0.1, 0.15) is 29.1 Å². The monoisotopic (exact) mass is 420 g/mol. The Morgan fingerprint density at radius 3 is 2.68 bits per heavy atom. The molecule has 2 aromatic rings. The molecule has 1 aliphatic carbocycles. The van der Waals surface area contributed by atoms with Gasteiger partial charge in [0.15, 0.2) is 0 Å². The Hall–Kier alpha value is -3.31. The third-order valence-corrected chi connectivity index (χ3v) is 6.25. The molecule has 2 fully saturated rings. The summed E-state index contributed by atoms with van der Waals surface area (Å²) in [7, 11) is 0. The standard InChI is InChI=1S/C23H25FN6O/c1-3-19-21(15(2)24)23(31)28-22(27-19)17-5-6-18(12-17)29-8-10-30(11-9-29)20-7-4-16(13-25)14-26-20/h3-4,7,14,17-18H,1-2,5-6,8-12H2,(H,27,28,31)/t17-,18-/m1/s1. The molecule has 1 saturated heterocycles. The summed E-state index contributed by atoms with van der Waals surface area (Å²) in [6.07, 6.45) is 5.88. The molecule has 160 valence electrons. The van der Waals surface area contributed by atoms with Crippen molar-refractivity contribution in [2.45, 2.75) is 31.2 Å². The summed E-state index contributed by atoms with van der Waals surface area (Å²) in [5, 5.41) is 8.92. The van der Waals surface area contributed by atoms with E-state index in [0.29, 0.717) is 17.4 Å². The number of piperazine rings is 1. The van der Waals surface area contributed by atoms with Crippen molar-refractivity contribution < 1.29 is 4.39 Å². The molecular formula is C23H25FN6O. The number of pyridine rings is 1. The fourth-order valence-electron chi connectivity index (χ4n) is 4.61. The van der Waals surface area contributed by atoms with E-state index in [0.717, 1.165) is 51.3 Å². The number of nitriles is 1. The van der Waals surface area contributed by atoms with Crippen LogP contribution >= 0.6 is 0 Å². The van der Waals surface area contributed by atoms with E-state index in [4.69, 9.17) is 5.26 Å². The Kier molecular flexibility index (Phi) is 5.96. The average Bonchev–Trinajstić information content (AvgIpc) is 3.29. The van der Waals surface area contributed by atoms with Gasteiger partial charge in [-0.25, -0.2) is 14.4 Å². The van der Waals surface area contributed by atoms with Crippen LogP contribution in [0.5, 0.6) is 0 Å². The molecule has 2 aromatic heterocycles. The highest BCUT2D eigenvalue weighted by Crippen LogP contribution is 2.36. The minimum Gasteiger partial charge on any atom is -0.354 e. The molecule has 0 radical (unpaired) electrons. The molecule has 3 heterocycles. The Morgan fingerprint density at radius 1 is 1.29 bits per heavy atom. The zero-order chi connectivity index (χ0) is 22.0. The van der Waals surface area contributed by atoms with Crippen molar-refractivity contribution in [2.24, 2.45) is 0 Å². The van der Waals surface area contributed by atoms with E-state index >= 15 is 0 Å². The second kappa shape index (κ2) is 8.82. The zero-order valence-corrected chi connectivity index (χ0v) is 17.4. The van der Waals surface area contributed by atoms with E-state index in [1.807, 2.05) is 6.07 Å². The number of nitrogens with one attached hydrogen (secondary N) is 1. The smallest absolute Gasteiger partial charge is 0.261 e. The van der Waals surface area contributed by atoms with Crippen molar-refractivity contribution in [3.63, 3.8) is 0 Å². The summed E-state index contributed by atoms with van der Waals surface area (Å²) in [6, 6.07) is 6.21. The molecule has 0 aromatic carbocycles. The lowest BCUT2D eigenvalue weighted by Gasteiger charge is -2.38. The van der Waals surface area contributed by atoms with Crippen LogP contribution in [0.2, 0.25) is 0 Å². The van der Waals surface area contributed by atoms with Gasteiger partial charge in [0.05, 0.1) is 11.3 Å². The SMILES string of the molecule is C=Cc1nc([C@@H]2CC[C@@H](N3CCN(c4ccc(C#N)cn4)CC3)C2)[nH]c(=O)c1C(=C)F. The van der Waals surface area contributed by atoms with Crippen LogP contribution in [0.4, 0.5) is 10.2 Å². The molecule has 0 spiro atoms. The normalized spacial score (nSPS) is 21.6. The molecular weight excluding hydrogens is 395 g/mol. The summed E-state index contributed by atoms with van der Waals surface area (Å²) in [5.74, 6) is 0.842. The molecule has 0 bridgehead atoms. The van der Waals surface area contributed by atoms with Gasteiger partial charge in [-0.3, -0.25) is 9.69 Å². The highest BCUT2D eigenvalue weighted by atomic mass is 19.1. The Balaban J connectivity index is 1.39. The van der Waals surface area contributed by atoms with Crippen molar-refractivity contribution in [1.29, 1.82) is 5.26 Å². The maximum absolute atomic E-state index is 13.6. The number of rotatable bonds is 5. The van der Waals surface area contributed by atoms with Gasteiger partial charge < -0.3 is 9.88 Å². The summed E-state index contributed by atoms with van der Waals surface area (Å²) >= 11 is 0. The fraction of sp³-hybridized carbons (Fsp3) is 0.391. The number of halogens is 1. The Morgan fingerprint density at radius 2 is 2.06 bits per heavy atom. The molecule has 2 aliphatic rings. The van der Waals surface area contributed by atoms with Gasteiger partial charge in [-0.2, -0.15) is 5.26 Å². The summed E-state index contributed by atoms with van der Waals surface area (Å²) in [6.45, 7) is 10.5. The second-order valence-electron chi connectivity index (χ2n) is 8.02. The van der Waals surface area contributed by atoms with Crippen LogP contribution in [-0.4, -0.2) is 52.1 Å². The molecule has 31 heavy (non-hydrogen) atoms. The molecule has 1 aliphatic heterocycles. The third-order valence-electron chi connectivity index (χ3n) is 6.25. The highest BCUT2D eigenvalue weighted by molar-refractivity contribution is 5.65. The first kappa shape index (κ1) is 20.9. The molecule has 4 rings (SSSR count). The van der Waals surface area contributed by atoms with Gasteiger partial charge in [-0.1, -0.05) is 13.2 Å². The molecule has 1 N–H and O–H groups in total. The first-order valence-electron chi connectivity index (χ1n) is 10.5. The van der Waals surface area contributed by atoms with Crippen LogP contribution in [0.25, 0.3) is 11.9 Å². The quantitative estimate of drug-likeness (QED) is 0.800. The zero-order valence-electron chi connectivity index (χ0n) is 17.4. The maximum Gasteiger partial charge on any atom is 0.261 e. The summed E-state index contributed by atoms with van der Waals surface area (Å²) < 4.78 is 13.6. The van der Waals surface area contributed by atoms with E-state index in [1.54, 1.807) is 12.3 Å². The minimum absolute atomic E-state index is 0.136. The summed E-state index contributed by atoms with van der Waals surface area (Å²) in [4.78, 5) is 28.7. The predicted octanol–water partition coefficient (Wildman–Crippen LogP) is 3.08. The van der Waals surface area contributed by atoms with Crippen molar-refractivity contribution in [3.05, 3.63) is 64.5 Å². The van der Waals surface area contributed by atoms with Gasteiger partial charge in [-0.05, 0) is 37.5 Å². The second-order valence-corrected chi connectivity index (χ2v) is 8.02. The number of H-pyrrole nitrogens is 1. The molecule has 1 saturated carbocycles. The molecule has 7 nitrogen and oxygen atoms in total. The van der Waals surface area contributed by atoms with Crippen molar-refractivity contribution in [2.75, 3.05) is 31.1 Å². The van der Waals surface area contributed by atoms with E-state index in [1.165, 1.54) is 6.08 Å². The fourth-order valence-corrected chi connectivity index (χ4v) is 4.61. The van der Waals surface area contributed by atoms with Gasteiger partial charge >= 0.3 is 0 Å². The van der Waals surface area contributed by atoms with Crippen LogP contribution in [0.15, 0.2) is 36.3 Å². The third kappa shape index (κ3) is 4.28. The van der Waals surface area contributed by atoms with Crippen LogP contribution in [-0.2, 0) is 0 Å². The van der Waals surface area contributed by atoms with Crippen LogP contribution in [0.1, 0.15) is 47.8 Å². The van der Waals surface area contributed by atoms with Gasteiger partial charge in [0.25, 0.3) is 5.56 Å². The molecule has 2 atom stereocenters. The van der Waals surface area contributed by atoms with Crippen molar-refractivity contribution in [1.82, 2.24) is 19.9 Å². The lowest BCUT2D eigenvalue weighted by Crippen LogP contribution is -2.50. The van der Waals surface area contributed by atoms with Crippen LogP contribution < -0.4 is 10.5 Å². The van der Waals surface area contributed by atoms with E-state index < -0.39 is 11.4 Å². The average molecular weight is 420 g/mol. The Bertz CT molecular complexity index is 1080. The van der Waals surface area contributed by atoms with Gasteiger partial charge in [0.2, 0.25) is 0 Å². The topological polar surface area (TPSA) is 88.9 Å².